The van der Waals surface area contributed by atoms with Crippen LogP contribution in [0.1, 0.15) is 29.1 Å². The first-order chi connectivity index (χ1) is 16.0. The molecule has 1 N–H and O–H groups in total. The zero-order valence-corrected chi connectivity index (χ0v) is 18.5. The van der Waals surface area contributed by atoms with E-state index in [0.717, 1.165) is 22.4 Å². The van der Waals surface area contributed by atoms with E-state index in [1.165, 1.54) is 9.47 Å². The Balaban J connectivity index is 1.39. The fourth-order valence-electron chi connectivity index (χ4n) is 4.16. The highest BCUT2D eigenvalue weighted by Gasteiger charge is 2.23. The molecule has 0 unspecified atom stereocenters. The van der Waals surface area contributed by atoms with Gasteiger partial charge in [-0.05, 0) is 49.6 Å². The van der Waals surface area contributed by atoms with Crippen molar-refractivity contribution in [3.05, 3.63) is 87.0 Å². The second-order valence-electron chi connectivity index (χ2n) is 8.03. The maximum Gasteiger partial charge on any atom is 0.407 e. The van der Waals surface area contributed by atoms with E-state index in [4.69, 9.17) is 16.0 Å². The van der Waals surface area contributed by atoms with E-state index in [1.807, 2.05) is 24.3 Å². The Morgan fingerprint density at radius 3 is 2.76 bits per heavy atom. The van der Waals surface area contributed by atoms with E-state index in [1.54, 1.807) is 24.5 Å². The van der Waals surface area contributed by atoms with Crippen LogP contribution >= 0.6 is 11.6 Å². The van der Waals surface area contributed by atoms with Crippen LogP contribution in [0, 0.1) is 0 Å². The minimum atomic E-state index is -0.932. The first kappa shape index (κ1) is 21.2. The Morgan fingerprint density at radius 1 is 1.15 bits per heavy atom. The number of aromatic nitrogens is 3. The second kappa shape index (κ2) is 8.71. The molecule has 9 heteroatoms. The van der Waals surface area contributed by atoms with Crippen molar-refractivity contribution in [2.24, 2.45) is 0 Å². The molecule has 1 amide bonds. The fraction of sp³-hybridized carbons (Fsp3) is 0.250. The number of amides is 1. The number of nitrogens with zero attached hydrogens (tertiary/aromatic N) is 4. The van der Waals surface area contributed by atoms with Gasteiger partial charge in [-0.15, -0.1) is 0 Å². The number of aryl methyl sites for hydroxylation is 3. The molecule has 1 aliphatic heterocycles. The third kappa shape index (κ3) is 4.34. The molecule has 0 saturated carbocycles. The van der Waals surface area contributed by atoms with Gasteiger partial charge in [-0.25, -0.2) is 9.59 Å². The van der Waals surface area contributed by atoms with E-state index < -0.39 is 6.09 Å². The van der Waals surface area contributed by atoms with E-state index in [0.29, 0.717) is 60.8 Å². The predicted octanol–water partition coefficient (Wildman–Crippen LogP) is 4.24. The van der Waals surface area contributed by atoms with E-state index in [-0.39, 0.29) is 5.69 Å². The number of furan rings is 1. The molecule has 0 saturated heterocycles. The van der Waals surface area contributed by atoms with Crippen molar-refractivity contribution < 1.29 is 14.3 Å². The lowest BCUT2D eigenvalue weighted by Crippen LogP contribution is -2.28. The maximum absolute atomic E-state index is 12.7. The lowest BCUT2D eigenvalue weighted by atomic mass is 10.1. The highest BCUT2D eigenvalue weighted by Crippen LogP contribution is 2.31. The van der Waals surface area contributed by atoms with Crippen LogP contribution in [0.4, 0.5) is 4.79 Å². The molecule has 1 aliphatic rings. The average molecular weight is 465 g/mol. The molecule has 0 aliphatic carbocycles. The van der Waals surface area contributed by atoms with Crippen molar-refractivity contribution in [2.75, 3.05) is 6.54 Å². The van der Waals surface area contributed by atoms with Gasteiger partial charge in [0.2, 0.25) is 0 Å². The van der Waals surface area contributed by atoms with Gasteiger partial charge in [-0.2, -0.15) is 4.98 Å². The molecule has 8 nitrogen and oxygen atoms in total. The van der Waals surface area contributed by atoms with Crippen molar-refractivity contribution in [3.63, 3.8) is 0 Å². The molecule has 168 valence electrons. The van der Waals surface area contributed by atoms with Gasteiger partial charge in [-0.1, -0.05) is 11.6 Å². The Kier molecular flexibility index (Phi) is 5.60. The molecule has 4 aromatic rings. The zero-order valence-electron chi connectivity index (χ0n) is 17.7. The smallest absolute Gasteiger partial charge is 0.407 e. The lowest BCUT2D eigenvalue weighted by molar-refractivity contribution is 0.143. The number of fused-ring (bicyclic) bond motifs is 3. The van der Waals surface area contributed by atoms with Gasteiger partial charge in [0.25, 0.3) is 0 Å². The third-order valence-corrected chi connectivity index (χ3v) is 6.10. The largest absolute Gasteiger partial charge is 0.465 e. The summed E-state index contributed by atoms with van der Waals surface area (Å²) in [5, 5.41) is 10.9. The van der Waals surface area contributed by atoms with Crippen LogP contribution in [-0.4, -0.2) is 37.2 Å². The van der Waals surface area contributed by atoms with Gasteiger partial charge in [0, 0.05) is 53.8 Å². The SMILES string of the molecule is O=C(O)N1CCCc2oc3cc(-n4ccc(CCc5ccc(Cl)cn5)nc4=O)ccc3c2C1. The Hall–Kier alpha value is -3.65. The molecule has 0 spiro atoms. The molecule has 0 fully saturated rings. The van der Waals surface area contributed by atoms with Gasteiger partial charge < -0.3 is 14.4 Å². The first-order valence-corrected chi connectivity index (χ1v) is 11.1. The lowest BCUT2D eigenvalue weighted by Gasteiger charge is -2.15. The topological polar surface area (TPSA) is 101 Å². The van der Waals surface area contributed by atoms with Gasteiger partial charge in [0.1, 0.15) is 11.3 Å². The van der Waals surface area contributed by atoms with Crippen LogP contribution in [0.5, 0.6) is 0 Å². The summed E-state index contributed by atoms with van der Waals surface area (Å²) in [6, 6.07) is 11.0. The molecule has 3 aromatic heterocycles. The van der Waals surface area contributed by atoms with E-state index in [2.05, 4.69) is 9.97 Å². The summed E-state index contributed by atoms with van der Waals surface area (Å²) in [7, 11) is 0. The first-order valence-electron chi connectivity index (χ1n) is 10.7. The Labute approximate surface area is 194 Å². The number of hydrogen-bond acceptors (Lipinski definition) is 5. The summed E-state index contributed by atoms with van der Waals surface area (Å²) in [5.74, 6) is 0.808. The molecule has 4 heterocycles. The number of carbonyl (C=O) groups is 1. The number of hydrogen-bond donors (Lipinski definition) is 1. The minimum Gasteiger partial charge on any atom is -0.465 e. The summed E-state index contributed by atoms with van der Waals surface area (Å²) < 4.78 is 7.52. The van der Waals surface area contributed by atoms with Gasteiger partial charge in [-0.3, -0.25) is 9.55 Å². The molecular formula is C24H21ClN4O4. The standard InChI is InChI=1S/C24H21ClN4O4/c25-15-3-4-16(26-13-15)5-6-17-9-11-29(23(30)27-17)18-7-8-19-20-14-28(24(31)32)10-1-2-21(20)33-22(19)12-18/h3-4,7-9,11-13H,1-2,5-6,10,14H2,(H,31,32). The number of pyridine rings is 1. The fourth-order valence-corrected chi connectivity index (χ4v) is 4.27. The van der Waals surface area contributed by atoms with Crippen molar-refractivity contribution in [2.45, 2.75) is 32.2 Å². The Morgan fingerprint density at radius 2 is 2.00 bits per heavy atom. The summed E-state index contributed by atoms with van der Waals surface area (Å²) >= 11 is 5.87. The van der Waals surface area contributed by atoms with Crippen LogP contribution in [0.15, 0.2) is 58.0 Å². The summed E-state index contributed by atoms with van der Waals surface area (Å²) in [6.07, 6.45) is 5.02. The van der Waals surface area contributed by atoms with Crippen molar-refractivity contribution in [1.29, 1.82) is 0 Å². The van der Waals surface area contributed by atoms with Gasteiger partial charge >= 0.3 is 11.8 Å². The van der Waals surface area contributed by atoms with Crippen LogP contribution in [0.2, 0.25) is 5.02 Å². The summed E-state index contributed by atoms with van der Waals surface area (Å²) in [4.78, 5) is 34.1. The molecule has 0 atom stereocenters. The number of halogens is 1. The molecule has 0 bridgehead atoms. The second-order valence-corrected chi connectivity index (χ2v) is 8.47. The van der Waals surface area contributed by atoms with E-state index >= 15 is 0 Å². The highest BCUT2D eigenvalue weighted by atomic mass is 35.5. The van der Waals surface area contributed by atoms with Crippen LogP contribution < -0.4 is 5.69 Å². The molecule has 0 radical (unpaired) electrons. The highest BCUT2D eigenvalue weighted by molar-refractivity contribution is 6.30. The Bertz CT molecular complexity index is 1390. The minimum absolute atomic E-state index is 0.301. The summed E-state index contributed by atoms with van der Waals surface area (Å²) in [5.41, 5.74) is 3.37. The van der Waals surface area contributed by atoms with Crippen molar-refractivity contribution in [1.82, 2.24) is 19.4 Å². The normalized spacial score (nSPS) is 13.7. The maximum atomic E-state index is 12.7. The van der Waals surface area contributed by atoms with Crippen LogP contribution in [0.3, 0.4) is 0 Å². The third-order valence-electron chi connectivity index (χ3n) is 5.88. The molecular weight excluding hydrogens is 444 g/mol. The molecule has 1 aromatic carbocycles. The monoisotopic (exact) mass is 464 g/mol. The zero-order chi connectivity index (χ0) is 22.9. The average Bonchev–Trinajstić information content (AvgIpc) is 2.99. The van der Waals surface area contributed by atoms with Crippen molar-refractivity contribution in [3.8, 4) is 5.69 Å². The number of carboxylic acid groups (broad SMARTS) is 1. The van der Waals surface area contributed by atoms with Crippen LogP contribution in [-0.2, 0) is 25.8 Å². The number of benzene rings is 1. The van der Waals surface area contributed by atoms with E-state index in [9.17, 15) is 14.7 Å². The van der Waals surface area contributed by atoms with Crippen LogP contribution in [0.25, 0.3) is 16.7 Å². The van der Waals surface area contributed by atoms with Crippen molar-refractivity contribution >= 4 is 28.7 Å². The van der Waals surface area contributed by atoms with Gasteiger partial charge in [0.15, 0.2) is 0 Å². The molecule has 33 heavy (non-hydrogen) atoms. The quantitative estimate of drug-likeness (QED) is 0.484. The predicted molar refractivity (Wildman–Crippen MR) is 123 cm³/mol. The summed E-state index contributed by atoms with van der Waals surface area (Å²) in [6.45, 7) is 0.788. The number of rotatable bonds is 4. The molecule has 5 rings (SSSR count). The van der Waals surface area contributed by atoms with Gasteiger partial charge in [0.05, 0.1) is 17.3 Å².